The van der Waals surface area contributed by atoms with E-state index < -0.39 is 5.97 Å². The maximum absolute atomic E-state index is 10.6. The van der Waals surface area contributed by atoms with Gasteiger partial charge in [0.1, 0.15) is 11.6 Å². The van der Waals surface area contributed by atoms with Crippen LogP contribution in [0.5, 0.6) is 0 Å². The molecule has 1 fully saturated rings. The summed E-state index contributed by atoms with van der Waals surface area (Å²) < 4.78 is 2.28. The molecule has 7 nitrogen and oxygen atoms in total. The summed E-state index contributed by atoms with van der Waals surface area (Å²) in [5.74, 6) is 1.51. The highest BCUT2D eigenvalue weighted by atomic mass is 16.4. The Bertz CT molecular complexity index is 494. The number of nitrogens with zero attached hydrogens (tertiary/aromatic N) is 5. The molecule has 0 atom stereocenters. The number of carbonyl (C=O) groups is 1. The number of carboxylic acids is 1. The molecule has 1 N–H and O–H groups in total. The highest BCUT2D eigenvalue weighted by Crippen LogP contribution is 2.16. The Morgan fingerprint density at radius 1 is 1.05 bits per heavy atom. The number of aryl methyl sites for hydroxylation is 1. The molecule has 0 bridgehead atoms. The van der Waals surface area contributed by atoms with Crippen LogP contribution in [0.3, 0.4) is 0 Å². The lowest BCUT2D eigenvalue weighted by atomic mass is 10.1. The fourth-order valence-corrected chi connectivity index (χ4v) is 3.11. The van der Waals surface area contributed by atoms with Gasteiger partial charge < -0.3 is 14.6 Å². The zero-order chi connectivity index (χ0) is 14.7. The molecule has 0 amide bonds. The second kappa shape index (κ2) is 6.53. The second-order valence-corrected chi connectivity index (χ2v) is 5.90. The van der Waals surface area contributed by atoms with Crippen LogP contribution < -0.4 is 0 Å². The van der Waals surface area contributed by atoms with Gasteiger partial charge in [0.25, 0.3) is 0 Å². The Balaban J connectivity index is 1.49. The lowest BCUT2D eigenvalue weighted by molar-refractivity contribution is -0.137. The van der Waals surface area contributed by atoms with E-state index in [9.17, 15) is 4.79 Å². The van der Waals surface area contributed by atoms with Gasteiger partial charge >= 0.3 is 5.97 Å². The molecule has 0 aliphatic carbocycles. The van der Waals surface area contributed by atoms with Gasteiger partial charge in [0.15, 0.2) is 0 Å². The maximum Gasteiger partial charge on any atom is 0.304 e. The van der Waals surface area contributed by atoms with E-state index in [0.29, 0.717) is 6.54 Å². The van der Waals surface area contributed by atoms with Gasteiger partial charge in [-0.15, -0.1) is 10.2 Å². The van der Waals surface area contributed by atoms with E-state index in [1.807, 2.05) is 0 Å². The molecule has 2 aliphatic rings. The van der Waals surface area contributed by atoms with Crippen LogP contribution in [-0.4, -0.2) is 68.4 Å². The number of aliphatic carboxylic acids is 1. The number of rotatable bonds is 5. The molecule has 116 valence electrons. The van der Waals surface area contributed by atoms with Gasteiger partial charge in [-0.05, 0) is 12.8 Å². The third-order valence-corrected chi connectivity index (χ3v) is 4.41. The van der Waals surface area contributed by atoms with Gasteiger partial charge in [-0.25, -0.2) is 0 Å². The van der Waals surface area contributed by atoms with Crippen molar-refractivity contribution in [1.82, 2.24) is 24.6 Å². The molecule has 3 rings (SSSR count). The zero-order valence-corrected chi connectivity index (χ0v) is 12.4. The van der Waals surface area contributed by atoms with Crippen LogP contribution in [0, 0.1) is 0 Å². The number of carboxylic acid groups (broad SMARTS) is 1. The summed E-state index contributed by atoms with van der Waals surface area (Å²) in [6.07, 6.45) is 3.73. The minimum atomic E-state index is -0.715. The molecule has 0 saturated carbocycles. The molecular weight excluding hydrogens is 270 g/mol. The van der Waals surface area contributed by atoms with Gasteiger partial charge in [0, 0.05) is 45.7 Å². The summed E-state index contributed by atoms with van der Waals surface area (Å²) in [5.41, 5.74) is 0. The molecule has 0 aromatic carbocycles. The molecule has 1 saturated heterocycles. The fraction of sp³-hybridized carbons (Fsp3) is 0.786. The Labute approximate surface area is 124 Å². The average molecular weight is 293 g/mol. The first kappa shape index (κ1) is 14.5. The summed E-state index contributed by atoms with van der Waals surface area (Å²) in [5, 5.41) is 17.4. The molecule has 1 aromatic rings. The smallest absolute Gasteiger partial charge is 0.304 e. The first-order valence-corrected chi connectivity index (χ1v) is 7.80. The predicted octanol–water partition coefficient (Wildman–Crippen LogP) is 0.207. The first-order chi connectivity index (χ1) is 10.2. The predicted molar refractivity (Wildman–Crippen MR) is 76.9 cm³/mol. The van der Waals surface area contributed by atoms with Crippen molar-refractivity contribution in [2.45, 2.75) is 38.8 Å². The number of hydrogen-bond donors (Lipinski definition) is 1. The summed E-state index contributed by atoms with van der Waals surface area (Å²) in [6, 6.07) is 0. The topological polar surface area (TPSA) is 74.5 Å². The third-order valence-electron chi connectivity index (χ3n) is 4.41. The van der Waals surface area contributed by atoms with Crippen molar-refractivity contribution in [2.75, 3.05) is 32.7 Å². The Morgan fingerprint density at radius 3 is 2.57 bits per heavy atom. The molecule has 0 unspecified atom stereocenters. The highest BCUT2D eigenvalue weighted by Gasteiger charge is 2.21. The number of aromatic nitrogens is 3. The molecule has 3 heterocycles. The summed E-state index contributed by atoms with van der Waals surface area (Å²) in [7, 11) is 0. The monoisotopic (exact) mass is 293 g/mol. The largest absolute Gasteiger partial charge is 0.481 e. The first-order valence-electron chi connectivity index (χ1n) is 7.80. The van der Waals surface area contributed by atoms with Crippen molar-refractivity contribution in [1.29, 1.82) is 0 Å². The van der Waals surface area contributed by atoms with Crippen molar-refractivity contribution in [3.8, 4) is 0 Å². The lowest BCUT2D eigenvalue weighted by Gasteiger charge is -2.34. The Morgan fingerprint density at radius 2 is 1.81 bits per heavy atom. The van der Waals surface area contributed by atoms with E-state index in [2.05, 4.69) is 24.6 Å². The van der Waals surface area contributed by atoms with Crippen molar-refractivity contribution >= 4 is 5.97 Å². The van der Waals surface area contributed by atoms with E-state index >= 15 is 0 Å². The molecule has 0 radical (unpaired) electrons. The standard InChI is InChI=1S/C14H23N5O2/c20-14(21)4-6-17-7-9-18(10-8-17)11-13-16-15-12-3-1-2-5-19(12)13/h1-11H2,(H,20,21). The molecular formula is C14H23N5O2. The van der Waals surface area contributed by atoms with Gasteiger partial charge in [0.2, 0.25) is 0 Å². The number of hydrogen-bond acceptors (Lipinski definition) is 5. The van der Waals surface area contributed by atoms with E-state index in [-0.39, 0.29) is 6.42 Å². The van der Waals surface area contributed by atoms with Crippen molar-refractivity contribution in [3.63, 3.8) is 0 Å². The van der Waals surface area contributed by atoms with Crippen LogP contribution >= 0.6 is 0 Å². The van der Waals surface area contributed by atoms with E-state index in [4.69, 9.17) is 5.11 Å². The van der Waals surface area contributed by atoms with Crippen molar-refractivity contribution in [3.05, 3.63) is 11.6 Å². The molecule has 2 aliphatic heterocycles. The van der Waals surface area contributed by atoms with Crippen LogP contribution in [0.2, 0.25) is 0 Å². The van der Waals surface area contributed by atoms with E-state index in [1.54, 1.807) is 0 Å². The fourth-order valence-electron chi connectivity index (χ4n) is 3.11. The Hall–Kier alpha value is -1.47. The summed E-state index contributed by atoms with van der Waals surface area (Å²) in [4.78, 5) is 15.2. The number of fused-ring (bicyclic) bond motifs is 1. The van der Waals surface area contributed by atoms with Crippen LogP contribution in [0.25, 0.3) is 0 Å². The molecule has 7 heteroatoms. The summed E-state index contributed by atoms with van der Waals surface area (Å²) in [6.45, 7) is 6.39. The average Bonchev–Trinajstić information content (AvgIpc) is 2.90. The minimum Gasteiger partial charge on any atom is -0.481 e. The number of piperazine rings is 1. The Kier molecular flexibility index (Phi) is 4.50. The van der Waals surface area contributed by atoms with Crippen LogP contribution in [0.1, 0.15) is 30.9 Å². The van der Waals surface area contributed by atoms with Crippen LogP contribution in [-0.2, 0) is 24.3 Å². The third kappa shape index (κ3) is 3.59. The maximum atomic E-state index is 10.6. The molecule has 1 aromatic heterocycles. The van der Waals surface area contributed by atoms with Crippen LogP contribution in [0.15, 0.2) is 0 Å². The van der Waals surface area contributed by atoms with Crippen LogP contribution in [0.4, 0.5) is 0 Å². The van der Waals surface area contributed by atoms with Gasteiger partial charge in [-0.2, -0.15) is 0 Å². The van der Waals surface area contributed by atoms with Gasteiger partial charge in [-0.3, -0.25) is 9.69 Å². The summed E-state index contributed by atoms with van der Waals surface area (Å²) >= 11 is 0. The van der Waals surface area contributed by atoms with Gasteiger partial charge in [-0.1, -0.05) is 0 Å². The highest BCUT2D eigenvalue weighted by molar-refractivity contribution is 5.66. The van der Waals surface area contributed by atoms with Crippen molar-refractivity contribution in [2.24, 2.45) is 0 Å². The SMILES string of the molecule is O=C(O)CCN1CCN(Cc2nnc3n2CCCC3)CC1. The van der Waals surface area contributed by atoms with Crippen molar-refractivity contribution < 1.29 is 9.90 Å². The zero-order valence-electron chi connectivity index (χ0n) is 12.4. The van der Waals surface area contributed by atoms with Gasteiger partial charge in [0.05, 0.1) is 13.0 Å². The normalized spacial score (nSPS) is 20.4. The van der Waals surface area contributed by atoms with E-state index in [0.717, 1.165) is 57.3 Å². The van der Waals surface area contributed by atoms with E-state index in [1.165, 1.54) is 12.8 Å². The minimum absolute atomic E-state index is 0.234. The lowest BCUT2D eigenvalue weighted by Crippen LogP contribution is -2.46. The second-order valence-electron chi connectivity index (χ2n) is 5.90. The molecule has 21 heavy (non-hydrogen) atoms. The quantitative estimate of drug-likeness (QED) is 0.836. The molecule has 0 spiro atoms.